The number of nitrogens with zero attached hydrogens (tertiary/aromatic N) is 1. The average molecular weight is 388 g/mol. The zero-order valence-corrected chi connectivity index (χ0v) is 15.8. The average Bonchev–Trinajstić information content (AvgIpc) is 3.30. The third-order valence-electron chi connectivity index (χ3n) is 5.59. The number of rotatable bonds is 4. The van der Waals surface area contributed by atoms with E-state index in [0.29, 0.717) is 6.42 Å². The predicted octanol–water partition coefficient (Wildman–Crippen LogP) is 1.72. The van der Waals surface area contributed by atoms with Crippen molar-refractivity contribution in [2.24, 2.45) is 0 Å². The second kappa shape index (κ2) is 8.00. The number of imide groups is 1. The molecule has 0 radical (unpaired) electrons. The minimum atomic E-state index is -0.336. The van der Waals surface area contributed by atoms with Gasteiger partial charge in [-0.25, -0.2) is 10.9 Å². The summed E-state index contributed by atoms with van der Waals surface area (Å²) in [5.41, 5.74) is 7.41. The Morgan fingerprint density at radius 3 is 2.63 bits per heavy atom. The van der Waals surface area contributed by atoms with Gasteiger partial charge in [0.05, 0.1) is 11.8 Å². The molecular weight excluding hydrogens is 364 g/mol. The van der Waals surface area contributed by atoms with Crippen LogP contribution in [-0.4, -0.2) is 45.8 Å². The maximum absolute atomic E-state index is 12.8. The third-order valence-corrected chi connectivity index (χ3v) is 6.43. The summed E-state index contributed by atoms with van der Waals surface area (Å²) in [7, 11) is 0. The Labute approximate surface area is 162 Å². The quantitative estimate of drug-likeness (QED) is 0.728. The number of amides is 3. The van der Waals surface area contributed by atoms with Gasteiger partial charge in [0.15, 0.2) is 0 Å². The first-order valence-corrected chi connectivity index (χ1v) is 10.5. The van der Waals surface area contributed by atoms with Gasteiger partial charge in [0.25, 0.3) is 5.24 Å². The minimum absolute atomic E-state index is 0.0791. The summed E-state index contributed by atoms with van der Waals surface area (Å²) in [5, 5.41) is 2.92. The molecule has 3 N–H and O–H groups in total. The van der Waals surface area contributed by atoms with Crippen molar-refractivity contribution >= 4 is 28.8 Å². The standard InChI is InChI=1S/C19H24N4O3S/c24-17-11-27-19(26)23(17)16-9-5-4-8-13(16)20-18(25)15-10-14(21-22-15)12-6-2-1-3-7-12/h1-3,6-7,13-16,21-22H,4-5,8-11H2,(H,20,25). The maximum atomic E-state index is 12.8. The van der Waals surface area contributed by atoms with Gasteiger partial charge in [-0.15, -0.1) is 0 Å². The highest BCUT2D eigenvalue weighted by Gasteiger charge is 2.42. The Kier molecular flexibility index (Phi) is 5.47. The summed E-state index contributed by atoms with van der Waals surface area (Å²) in [5.74, 6) is -0.00594. The van der Waals surface area contributed by atoms with E-state index in [9.17, 15) is 14.4 Å². The van der Waals surface area contributed by atoms with E-state index >= 15 is 0 Å². The smallest absolute Gasteiger partial charge is 0.289 e. The molecule has 2 saturated heterocycles. The molecule has 27 heavy (non-hydrogen) atoms. The van der Waals surface area contributed by atoms with Crippen molar-refractivity contribution < 1.29 is 14.4 Å². The van der Waals surface area contributed by atoms with Crippen LogP contribution in [0.4, 0.5) is 4.79 Å². The van der Waals surface area contributed by atoms with E-state index in [1.165, 1.54) is 4.90 Å². The number of benzene rings is 1. The summed E-state index contributed by atoms with van der Waals surface area (Å²) in [6, 6.07) is 9.38. The van der Waals surface area contributed by atoms with Crippen molar-refractivity contribution in [3.8, 4) is 0 Å². The van der Waals surface area contributed by atoms with Crippen LogP contribution in [0.3, 0.4) is 0 Å². The van der Waals surface area contributed by atoms with Crippen LogP contribution >= 0.6 is 11.8 Å². The maximum Gasteiger partial charge on any atom is 0.289 e. The molecule has 2 aliphatic heterocycles. The fourth-order valence-corrected chi connectivity index (χ4v) is 4.95. The molecule has 1 saturated carbocycles. The molecule has 8 heteroatoms. The second-order valence-electron chi connectivity index (χ2n) is 7.33. The van der Waals surface area contributed by atoms with Gasteiger partial charge in [0.1, 0.15) is 6.04 Å². The lowest BCUT2D eigenvalue weighted by atomic mass is 9.89. The number of nitrogens with one attached hydrogen (secondary N) is 3. The summed E-state index contributed by atoms with van der Waals surface area (Å²) in [6.45, 7) is 0. The van der Waals surface area contributed by atoms with Gasteiger partial charge < -0.3 is 5.32 Å². The first-order chi connectivity index (χ1) is 13.1. The summed E-state index contributed by atoms with van der Waals surface area (Å²) >= 11 is 1.05. The molecule has 0 bridgehead atoms. The van der Waals surface area contributed by atoms with Gasteiger partial charge in [0, 0.05) is 12.1 Å². The molecular formula is C19H24N4O3S. The van der Waals surface area contributed by atoms with Crippen LogP contribution in [0.2, 0.25) is 0 Å². The molecule has 7 nitrogen and oxygen atoms in total. The summed E-state index contributed by atoms with van der Waals surface area (Å²) in [6.07, 6.45) is 4.17. The van der Waals surface area contributed by atoms with Crippen LogP contribution in [-0.2, 0) is 9.59 Å². The lowest BCUT2D eigenvalue weighted by Crippen LogP contribution is -2.57. The lowest BCUT2D eigenvalue weighted by molar-refractivity contribution is -0.129. The van der Waals surface area contributed by atoms with E-state index in [2.05, 4.69) is 16.2 Å². The molecule has 0 aromatic heterocycles. The lowest BCUT2D eigenvalue weighted by Gasteiger charge is -2.37. The van der Waals surface area contributed by atoms with Crippen LogP contribution in [0.15, 0.2) is 30.3 Å². The van der Waals surface area contributed by atoms with Crippen molar-refractivity contribution in [2.75, 3.05) is 5.75 Å². The summed E-state index contributed by atoms with van der Waals surface area (Å²) < 4.78 is 0. The van der Waals surface area contributed by atoms with Crippen LogP contribution in [0.25, 0.3) is 0 Å². The van der Waals surface area contributed by atoms with Gasteiger partial charge in [-0.05, 0) is 24.8 Å². The predicted molar refractivity (Wildman–Crippen MR) is 103 cm³/mol. The molecule has 1 aromatic rings. The number of thioether (sulfide) groups is 1. The molecule has 0 spiro atoms. The largest absolute Gasteiger partial charge is 0.350 e. The molecule has 4 atom stereocenters. The van der Waals surface area contributed by atoms with Crippen molar-refractivity contribution in [3.63, 3.8) is 0 Å². The number of carbonyl (C=O) groups is 3. The Morgan fingerprint density at radius 2 is 1.89 bits per heavy atom. The van der Waals surface area contributed by atoms with Crippen LogP contribution in [0.1, 0.15) is 43.7 Å². The molecule has 4 unspecified atom stereocenters. The molecule has 2 heterocycles. The number of hydrazine groups is 1. The molecule has 4 rings (SSSR count). The molecule has 3 aliphatic rings. The molecule has 3 amide bonds. The topological polar surface area (TPSA) is 90.5 Å². The van der Waals surface area contributed by atoms with Gasteiger partial charge >= 0.3 is 0 Å². The third kappa shape index (κ3) is 3.88. The van der Waals surface area contributed by atoms with Crippen molar-refractivity contribution in [1.29, 1.82) is 0 Å². The Morgan fingerprint density at radius 1 is 1.11 bits per heavy atom. The highest BCUT2D eigenvalue weighted by molar-refractivity contribution is 8.14. The minimum Gasteiger partial charge on any atom is -0.350 e. The highest BCUT2D eigenvalue weighted by atomic mass is 32.2. The van der Waals surface area contributed by atoms with Gasteiger partial charge in [-0.2, -0.15) is 0 Å². The number of hydrogen-bond acceptors (Lipinski definition) is 6. The zero-order valence-electron chi connectivity index (χ0n) is 15.0. The second-order valence-corrected chi connectivity index (χ2v) is 8.25. The van der Waals surface area contributed by atoms with Crippen molar-refractivity contribution in [1.82, 2.24) is 21.1 Å². The van der Waals surface area contributed by atoms with Gasteiger partial charge in [-0.1, -0.05) is 54.9 Å². The first kappa shape index (κ1) is 18.5. The number of carbonyl (C=O) groups excluding carboxylic acids is 3. The van der Waals surface area contributed by atoms with Gasteiger partial charge in [0.2, 0.25) is 11.8 Å². The van der Waals surface area contributed by atoms with E-state index < -0.39 is 0 Å². The SMILES string of the molecule is O=C(NC1CCCCC1N1C(=O)CSC1=O)C1CC(c2ccccc2)NN1. The van der Waals surface area contributed by atoms with E-state index in [4.69, 9.17) is 0 Å². The van der Waals surface area contributed by atoms with Crippen molar-refractivity contribution in [3.05, 3.63) is 35.9 Å². The van der Waals surface area contributed by atoms with Gasteiger partial charge in [-0.3, -0.25) is 19.3 Å². The van der Waals surface area contributed by atoms with Crippen LogP contribution < -0.4 is 16.2 Å². The zero-order chi connectivity index (χ0) is 18.8. The monoisotopic (exact) mass is 388 g/mol. The van der Waals surface area contributed by atoms with Crippen LogP contribution in [0.5, 0.6) is 0 Å². The van der Waals surface area contributed by atoms with E-state index in [1.807, 2.05) is 30.3 Å². The van der Waals surface area contributed by atoms with Crippen LogP contribution in [0, 0.1) is 0 Å². The van der Waals surface area contributed by atoms with E-state index in [1.54, 1.807) is 0 Å². The summed E-state index contributed by atoms with van der Waals surface area (Å²) in [4.78, 5) is 38.4. The Balaban J connectivity index is 1.39. The Bertz CT molecular complexity index is 713. The fourth-order valence-electron chi connectivity index (χ4n) is 4.19. The molecule has 3 fully saturated rings. The Hall–Kier alpha value is -1.90. The van der Waals surface area contributed by atoms with Crippen molar-refractivity contribution in [2.45, 2.75) is 56.3 Å². The first-order valence-electron chi connectivity index (χ1n) is 9.48. The van der Waals surface area contributed by atoms with E-state index in [-0.39, 0.29) is 47.0 Å². The normalized spacial score (nSPS) is 31.3. The van der Waals surface area contributed by atoms with E-state index in [0.717, 1.165) is 43.0 Å². The molecule has 1 aromatic carbocycles. The molecule has 1 aliphatic carbocycles. The highest BCUT2D eigenvalue weighted by Crippen LogP contribution is 2.30. The molecule has 144 valence electrons. The fraction of sp³-hybridized carbons (Fsp3) is 0.526. The number of hydrogen-bond donors (Lipinski definition) is 3.